The van der Waals surface area contributed by atoms with Crippen LogP contribution in [0.15, 0.2) is 18.2 Å². The van der Waals surface area contributed by atoms with Gasteiger partial charge in [-0.1, -0.05) is 0 Å². The third kappa shape index (κ3) is 9.38. The van der Waals surface area contributed by atoms with E-state index in [1.54, 1.807) is 18.2 Å². The Morgan fingerprint density at radius 3 is 2.18 bits per heavy atom. The molecule has 0 spiro atoms. The fourth-order valence-corrected chi connectivity index (χ4v) is 0.933. The van der Waals surface area contributed by atoms with Crippen LogP contribution in [-0.4, -0.2) is 35.8 Å². The van der Waals surface area contributed by atoms with Crippen LogP contribution in [0.25, 0.3) is 0 Å². The molecular weight excluding hydrogens is 250 g/mol. The van der Waals surface area contributed by atoms with Crippen molar-refractivity contribution < 1.29 is 22.6 Å². The van der Waals surface area contributed by atoms with E-state index in [9.17, 15) is 0 Å². The second kappa shape index (κ2) is 6.91. The molecule has 0 saturated heterocycles. The molecule has 9 heteroatoms. The number of rotatable bonds is 3. The van der Waals surface area contributed by atoms with Crippen LogP contribution >= 0.6 is 0 Å². The molecule has 0 amide bonds. The maximum atomic E-state index is 8.74. The lowest BCUT2D eigenvalue weighted by molar-refractivity contribution is 0.311. The number of anilines is 3. The zero-order valence-corrected chi connectivity index (χ0v) is 9.68. The standard InChI is InChI=1S/C8H13N3O.H2O4S/c9-6-1-2-8(7(10)5-6)11-3-4-12;1-5(2,3)4/h1-2,5,11-12H,3-4,9-10H2;(H2,1,2,3,4). The topological polar surface area (TPSA) is 159 Å². The highest BCUT2D eigenvalue weighted by atomic mass is 32.3. The lowest BCUT2D eigenvalue weighted by Crippen LogP contribution is -2.07. The van der Waals surface area contributed by atoms with E-state index in [4.69, 9.17) is 34.1 Å². The Bertz CT molecular complexity index is 440. The van der Waals surface area contributed by atoms with E-state index in [-0.39, 0.29) is 6.61 Å². The van der Waals surface area contributed by atoms with Crippen molar-refractivity contribution >= 4 is 27.5 Å². The van der Waals surface area contributed by atoms with Gasteiger partial charge in [-0.2, -0.15) is 8.42 Å². The predicted molar refractivity (Wildman–Crippen MR) is 65.0 cm³/mol. The van der Waals surface area contributed by atoms with Crippen LogP contribution in [0.2, 0.25) is 0 Å². The Balaban J connectivity index is 0.000000437. The first-order chi connectivity index (χ1) is 7.74. The summed E-state index contributed by atoms with van der Waals surface area (Å²) in [7, 11) is -4.67. The van der Waals surface area contributed by atoms with Crippen molar-refractivity contribution in [3.05, 3.63) is 18.2 Å². The molecule has 17 heavy (non-hydrogen) atoms. The summed E-state index contributed by atoms with van der Waals surface area (Å²) in [5.41, 5.74) is 13.2. The number of nitrogens with one attached hydrogen (secondary N) is 1. The second-order valence-electron chi connectivity index (χ2n) is 2.94. The van der Waals surface area contributed by atoms with Crippen LogP contribution in [0.1, 0.15) is 0 Å². The molecule has 0 saturated carbocycles. The van der Waals surface area contributed by atoms with Crippen molar-refractivity contribution in [1.82, 2.24) is 0 Å². The van der Waals surface area contributed by atoms with E-state index in [1.807, 2.05) is 0 Å². The molecule has 8 nitrogen and oxygen atoms in total. The molecule has 1 aromatic carbocycles. The van der Waals surface area contributed by atoms with Gasteiger partial charge < -0.3 is 21.9 Å². The van der Waals surface area contributed by atoms with Crippen LogP contribution in [0.4, 0.5) is 17.1 Å². The second-order valence-corrected chi connectivity index (χ2v) is 3.84. The molecule has 0 aliphatic heterocycles. The van der Waals surface area contributed by atoms with Crippen LogP contribution in [-0.2, 0) is 10.4 Å². The quantitative estimate of drug-likeness (QED) is 0.318. The summed E-state index contributed by atoms with van der Waals surface area (Å²) < 4.78 is 31.6. The molecule has 0 aliphatic rings. The molecule has 0 atom stereocenters. The summed E-state index contributed by atoms with van der Waals surface area (Å²) in [4.78, 5) is 0. The van der Waals surface area contributed by atoms with Crippen LogP contribution in [0.3, 0.4) is 0 Å². The lowest BCUT2D eigenvalue weighted by atomic mass is 10.2. The number of hydrogen-bond acceptors (Lipinski definition) is 6. The number of aliphatic hydroxyl groups is 1. The van der Waals surface area contributed by atoms with Crippen molar-refractivity contribution in [2.45, 2.75) is 0 Å². The fourth-order valence-electron chi connectivity index (χ4n) is 0.933. The first-order valence-electron chi connectivity index (χ1n) is 4.43. The highest BCUT2D eigenvalue weighted by molar-refractivity contribution is 7.79. The summed E-state index contributed by atoms with van der Waals surface area (Å²) in [6.07, 6.45) is 0. The summed E-state index contributed by atoms with van der Waals surface area (Å²) in [5.74, 6) is 0. The third-order valence-electron chi connectivity index (χ3n) is 1.50. The molecule has 0 bridgehead atoms. The first-order valence-corrected chi connectivity index (χ1v) is 5.83. The van der Waals surface area contributed by atoms with E-state index in [0.717, 1.165) is 5.69 Å². The van der Waals surface area contributed by atoms with Crippen LogP contribution < -0.4 is 16.8 Å². The van der Waals surface area contributed by atoms with Gasteiger partial charge in [0, 0.05) is 12.2 Å². The normalized spacial score (nSPS) is 10.3. The Labute approximate surface area is 98.8 Å². The monoisotopic (exact) mass is 265 g/mol. The zero-order chi connectivity index (χ0) is 13.5. The molecule has 0 fully saturated rings. The summed E-state index contributed by atoms with van der Waals surface area (Å²) in [6, 6.07) is 5.23. The van der Waals surface area contributed by atoms with Gasteiger partial charge in [-0.3, -0.25) is 9.11 Å². The Hall–Kier alpha value is -1.55. The number of hydrogen-bond donors (Lipinski definition) is 6. The minimum absolute atomic E-state index is 0.0871. The Morgan fingerprint density at radius 1 is 1.24 bits per heavy atom. The number of nitrogen functional groups attached to an aromatic ring is 2. The highest BCUT2D eigenvalue weighted by Crippen LogP contribution is 2.20. The minimum atomic E-state index is -4.67. The van der Waals surface area contributed by atoms with Crippen molar-refractivity contribution in [2.24, 2.45) is 0 Å². The summed E-state index contributed by atoms with van der Waals surface area (Å²) in [6.45, 7) is 0.581. The SMILES string of the molecule is Nc1ccc(NCCO)c(N)c1.O=S(=O)(O)O. The molecule has 0 radical (unpaired) electrons. The molecule has 0 aliphatic carbocycles. The first kappa shape index (κ1) is 15.4. The van der Waals surface area contributed by atoms with E-state index in [0.29, 0.717) is 17.9 Å². The smallest absolute Gasteiger partial charge is 0.394 e. The highest BCUT2D eigenvalue weighted by Gasteiger charge is 1.96. The van der Waals surface area contributed by atoms with Crippen LogP contribution in [0.5, 0.6) is 0 Å². The average Bonchev–Trinajstić information content (AvgIpc) is 2.14. The van der Waals surface area contributed by atoms with E-state index in [2.05, 4.69) is 5.32 Å². The van der Waals surface area contributed by atoms with Crippen LogP contribution in [0, 0.1) is 0 Å². The largest absolute Gasteiger partial charge is 0.399 e. The third-order valence-corrected chi connectivity index (χ3v) is 1.50. The van der Waals surface area contributed by atoms with Gasteiger partial charge in [-0.15, -0.1) is 0 Å². The van der Waals surface area contributed by atoms with Crippen molar-refractivity contribution in [3.8, 4) is 0 Å². The average molecular weight is 265 g/mol. The molecule has 1 rings (SSSR count). The fraction of sp³-hybridized carbons (Fsp3) is 0.250. The van der Waals surface area contributed by atoms with Gasteiger partial charge in [0.25, 0.3) is 0 Å². The molecule has 0 aromatic heterocycles. The van der Waals surface area contributed by atoms with Gasteiger partial charge in [-0.25, -0.2) is 0 Å². The lowest BCUT2D eigenvalue weighted by Gasteiger charge is -2.07. The molecule has 1 aromatic rings. The van der Waals surface area contributed by atoms with Gasteiger partial charge in [-0.05, 0) is 18.2 Å². The molecule has 0 heterocycles. The van der Waals surface area contributed by atoms with Crippen molar-refractivity contribution in [2.75, 3.05) is 29.9 Å². The minimum Gasteiger partial charge on any atom is -0.399 e. The maximum absolute atomic E-state index is 8.74. The Morgan fingerprint density at radius 2 is 1.76 bits per heavy atom. The number of aliphatic hydroxyl groups excluding tert-OH is 1. The van der Waals surface area contributed by atoms with Gasteiger partial charge in [0.05, 0.1) is 18.0 Å². The van der Waals surface area contributed by atoms with E-state index in [1.165, 1.54) is 0 Å². The number of benzene rings is 1. The van der Waals surface area contributed by atoms with Gasteiger partial charge in [0.2, 0.25) is 0 Å². The van der Waals surface area contributed by atoms with E-state index < -0.39 is 10.4 Å². The Kier molecular flexibility index (Phi) is 6.28. The molecule has 0 unspecified atom stereocenters. The maximum Gasteiger partial charge on any atom is 0.394 e. The van der Waals surface area contributed by atoms with Crippen molar-refractivity contribution in [1.29, 1.82) is 0 Å². The predicted octanol–water partition coefficient (Wildman–Crippen LogP) is -0.398. The van der Waals surface area contributed by atoms with Gasteiger partial charge in [0.1, 0.15) is 0 Å². The van der Waals surface area contributed by atoms with E-state index >= 15 is 0 Å². The van der Waals surface area contributed by atoms with Gasteiger partial charge >= 0.3 is 10.4 Å². The van der Waals surface area contributed by atoms with Gasteiger partial charge in [0.15, 0.2) is 0 Å². The summed E-state index contributed by atoms with van der Waals surface area (Å²) >= 11 is 0. The zero-order valence-electron chi connectivity index (χ0n) is 8.87. The van der Waals surface area contributed by atoms with Crippen molar-refractivity contribution in [3.63, 3.8) is 0 Å². The number of nitrogens with two attached hydrogens (primary N) is 2. The molecular formula is C8H15N3O5S. The summed E-state index contributed by atoms with van der Waals surface area (Å²) in [5, 5.41) is 11.5. The molecule has 98 valence electrons. The molecule has 8 N–H and O–H groups in total.